The average molecular weight is 293 g/mol. The predicted molar refractivity (Wildman–Crippen MR) is 82.0 cm³/mol. The molecule has 0 aliphatic heterocycles. The van der Waals surface area contributed by atoms with Gasteiger partial charge in [-0.1, -0.05) is 30.7 Å². The SMILES string of the molecule is CCc1cc(CC(C)(O)c2cccc(Cl)c2)n(CC)n1. The number of nitrogens with zero attached hydrogens (tertiary/aromatic N) is 2. The first-order valence-electron chi connectivity index (χ1n) is 7.00. The molecule has 0 saturated heterocycles. The van der Waals surface area contributed by atoms with Crippen LogP contribution in [0.4, 0.5) is 0 Å². The number of benzene rings is 1. The number of hydrogen-bond donors (Lipinski definition) is 1. The quantitative estimate of drug-likeness (QED) is 0.915. The van der Waals surface area contributed by atoms with E-state index < -0.39 is 5.60 Å². The summed E-state index contributed by atoms with van der Waals surface area (Å²) in [6, 6.07) is 9.46. The van der Waals surface area contributed by atoms with Gasteiger partial charge in [-0.3, -0.25) is 4.68 Å². The molecule has 0 aliphatic rings. The van der Waals surface area contributed by atoms with Crippen molar-refractivity contribution in [2.24, 2.45) is 0 Å². The van der Waals surface area contributed by atoms with Crippen molar-refractivity contribution in [3.8, 4) is 0 Å². The summed E-state index contributed by atoms with van der Waals surface area (Å²) in [5.74, 6) is 0. The zero-order valence-electron chi connectivity index (χ0n) is 12.2. The van der Waals surface area contributed by atoms with Crippen LogP contribution < -0.4 is 0 Å². The molecule has 0 spiro atoms. The Hall–Kier alpha value is -1.32. The van der Waals surface area contributed by atoms with Gasteiger partial charge >= 0.3 is 0 Å². The van der Waals surface area contributed by atoms with E-state index in [0.717, 1.165) is 29.9 Å². The minimum atomic E-state index is -0.955. The highest BCUT2D eigenvalue weighted by molar-refractivity contribution is 6.30. The van der Waals surface area contributed by atoms with Crippen molar-refractivity contribution in [1.29, 1.82) is 0 Å². The van der Waals surface area contributed by atoms with Crippen molar-refractivity contribution in [2.75, 3.05) is 0 Å². The molecule has 1 N–H and O–H groups in total. The minimum absolute atomic E-state index is 0.522. The van der Waals surface area contributed by atoms with Crippen LogP contribution >= 0.6 is 11.6 Å². The van der Waals surface area contributed by atoms with Gasteiger partial charge in [-0.2, -0.15) is 5.10 Å². The molecule has 0 radical (unpaired) electrons. The van der Waals surface area contributed by atoms with Gasteiger partial charge in [-0.15, -0.1) is 0 Å². The highest BCUT2D eigenvalue weighted by atomic mass is 35.5. The molecule has 1 aromatic heterocycles. The molecular formula is C16H21ClN2O. The Bertz CT molecular complexity index is 590. The van der Waals surface area contributed by atoms with E-state index in [2.05, 4.69) is 25.0 Å². The van der Waals surface area contributed by atoms with Crippen LogP contribution in [-0.2, 0) is 25.0 Å². The zero-order valence-corrected chi connectivity index (χ0v) is 13.0. The van der Waals surface area contributed by atoms with Crippen molar-refractivity contribution in [3.63, 3.8) is 0 Å². The summed E-state index contributed by atoms with van der Waals surface area (Å²) in [4.78, 5) is 0. The normalized spacial score (nSPS) is 14.2. The lowest BCUT2D eigenvalue weighted by Gasteiger charge is -2.24. The lowest BCUT2D eigenvalue weighted by molar-refractivity contribution is 0.0554. The Morgan fingerprint density at radius 1 is 1.30 bits per heavy atom. The Morgan fingerprint density at radius 3 is 2.65 bits per heavy atom. The van der Waals surface area contributed by atoms with Crippen LogP contribution in [0.3, 0.4) is 0 Å². The second-order valence-corrected chi connectivity index (χ2v) is 5.69. The molecule has 0 amide bonds. The summed E-state index contributed by atoms with van der Waals surface area (Å²) in [5, 5.41) is 15.9. The van der Waals surface area contributed by atoms with E-state index in [4.69, 9.17) is 11.6 Å². The van der Waals surface area contributed by atoms with E-state index in [-0.39, 0.29) is 0 Å². The molecule has 0 aliphatic carbocycles. The smallest absolute Gasteiger partial charge is 0.0924 e. The molecule has 4 heteroatoms. The summed E-state index contributed by atoms with van der Waals surface area (Å²) >= 11 is 6.01. The minimum Gasteiger partial charge on any atom is -0.385 e. The third-order valence-electron chi connectivity index (χ3n) is 3.55. The van der Waals surface area contributed by atoms with Crippen LogP contribution in [0.15, 0.2) is 30.3 Å². The second kappa shape index (κ2) is 5.98. The van der Waals surface area contributed by atoms with Crippen LogP contribution in [0.1, 0.15) is 37.7 Å². The largest absolute Gasteiger partial charge is 0.385 e. The number of aryl methyl sites for hydroxylation is 2. The molecule has 1 aromatic carbocycles. The summed E-state index contributed by atoms with van der Waals surface area (Å²) < 4.78 is 1.96. The average Bonchev–Trinajstić information content (AvgIpc) is 2.80. The van der Waals surface area contributed by atoms with Crippen molar-refractivity contribution in [2.45, 2.75) is 45.8 Å². The van der Waals surface area contributed by atoms with Crippen molar-refractivity contribution in [1.82, 2.24) is 9.78 Å². The fourth-order valence-electron chi connectivity index (χ4n) is 2.38. The Kier molecular flexibility index (Phi) is 4.51. The van der Waals surface area contributed by atoms with Crippen LogP contribution in [0, 0.1) is 0 Å². The fraction of sp³-hybridized carbons (Fsp3) is 0.438. The summed E-state index contributed by atoms with van der Waals surface area (Å²) in [5.41, 5.74) is 1.98. The molecule has 108 valence electrons. The van der Waals surface area contributed by atoms with Gasteiger partial charge in [0.1, 0.15) is 0 Å². The van der Waals surface area contributed by atoms with E-state index >= 15 is 0 Å². The van der Waals surface area contributed by atoms with Crippen LogP contribution in [-0.4, -0.2) is 14.9 Å². The van der Waals surface area contributed by atoms with Gasteiger partial charge in [0.05, 0.1) is 11.3 Å². The number of hydrogen-bond acceptors (Lipinski definition) is 2. The molecular weight excluding hydrogens is 272 g/mol. The molecule has 1 heterocycles. The van der Waals surface area contributed by atoms with Gasteiger partial charge in [0.25, 0.3) is 0 Å². The molecule has 2 rings (SSSR count). The zero-order chi connectivity index (χ0) is 14.8. The highest BCUT2D eigenvalue weighted by Crippen LogP contribution is 2.27. The predicted octanol–water partition coefficient (Wildman–Crippen LogP) is 3.57. The van der Waals surface area contributed by atoms with Crippen LogP contribution in [0.5, 0.6) is 0 Å². The van der Waals surface area contributed by atoms with E-state index in [1.807, 2.05) is 35.9 Å². The van der Waals surface area contributed by atoms with Crippen LogP contribution in [0.2, 0.25) is 5.02 Å². The van der Waals surface area contributed by atoms with Crippen molar-refractivity contribution in [3.05, 3.63) is 52.3 Å². The Morgan fingerprint density at radius 2 is 2.05 bits per heavy atom. The van der Waals surface area contributed by atoms with Gasteiger partial charge in [-0.05, 0) is 44.0 Å². The van der Waals surface area contributed by atoms with E-state index in [9.17, 15) is 5.11 Å². The topological polar surface area (TPSA) is 38.0 Å². The Labute approximate surface area is 125 Å². The molecule has 0 bridgehead atoms. The van der Waals surface area contributed by atoms with Crippen molar-refractivity contribution >= 4 is 11.6 Å². The molecule has 1 unspecified atom stereocenters. The second-order valence-electron chi connectivity index (χ2n) is 5.26. The van der Waals surface area contributed by atoms with Gasteiger partial charge in [-0.25, -0.2) is 0 Å². The number of halogens is 1. The monoisotopic (exact) mass is 292 g/mol. The third-order valence-corrected chi connectivity index (χ3v) is 3.78. The first-order chi connectivity index (χ1) is 9.46. The fourth-order valence-corrected chi connectivity index (χ4v) is 2.57. The molecule has 2 aromatic rings. The summed E-state index contributed by atoms with van der Waals surface area (Å²) in [7, 11) is 0. The number of aromatic nitrogens is 2. The summed E-state index contributed by atoms with van der Waals surface area (Å²) in [6.07, 6.45) is 1.42. The maximum atomic E-state index is 10.8. The molecule has 0 fully saturated rings. The van der Waals surface area contributed by atoms with Crippen LogP contribution in [0.25, 0.3) is 0 Å². The van der Waals surface area contributed by atoms with Gasteiger partial charge in [0.2, 0.25) is 0 Å². The molecule has 0 saturated carbocycles. The summed E-state index contributed by atoms with van der Waals surface area (Å²) in [6.45, 7) is 6.77. The third kappa shape index (κ3) is 3.22. The van der Waals surface area contributed by atoms with E-state index in [0.29, 0.717) is 11.4 Å². The van der Waals surface area contributed by atoms with E-state index in [1.54, 1.807) is 0 Å². The van der Waals surface area contributed by atoms with Gasteiger partial charge in [0.15, 0.2) is 0 Å². The first kappa shape index (κ1) is 15.1. The maximum absolute atomic E-state index is 10.8. The van der Waals surface area contributed by atoms with Crippen molar-refractivity contribution < 1.29 is 5.11 Å². The maximum Gasteiger partial charge on any atom is 0.0924 e. The highest BCUT2D eigenvalue weighted by Gasteiger charge is 2.25. The number of aliphatic hydroxyl groups is 1. The standard InChI is InChI=1S/C16H21ClN2O/c1-4-14-10-15(19(5-2)18-14)11-16(3,20)12-7-6-8-13(17)9-12/h6-10,20H,4-5,11H2,1-3H3. The molecule has 20 heavy (non-hydrogen) atoms. The van der Waals surface area contributed by atoms with Gasteiger partial charge in [0, 0.05) is 23.7 Å². The van der Waals surface area contributed by atoms with Gasteiger partial charge < -0.3 is 5.11 Å². The lowest BCUT2D eigenvalue weighted by atomic mass is 9.91. The molecule has 3 nitrogen and oxygen atoms in total. The lowest BCUT2D eigenvalue weighted by Crippen LogP contribution is -2.25. The Balaban J connectivity index is 2.30. The van der Waals surface area contributed by atoms with E-state index in [1.165, 1.54) is 0 Å². The first-order valence-corrected chi connectivity index (χ1v) is 7.38. The molecule has 1 atom stereocenters. The number of rotatable bonds is 5.